The Morgan fingerprint density at radius 2 is 2.07 bits per heavy atom. The van der Waals surface area contributed by atoms with Crippen molar-refractivity contribution >= 4 is 11.9 Å². The Bertz CT molecular complexity index is 206. The smallest absolute Gasteiger partial charge is 0.220 e. The summed E-state index contributed by atoms with van der Waals surface area (Å²) < 4.78 is 0. The maximum atomic E-state index is 11.1. The first-order valence-electron chi connectivity index (χ1n) is 5.04. The van der Waals surface area contributed by atoms with E-state index in [0.29, 0.717) is 18.9 Å². The Labute approximate surface area is 89.9 Å². The highest BCUT2D eigenvalue weighted by Crippen LogP contribution is 1.93. The Kier molecular flexibility index (Phi) is 8.46. The van der Waals surface area contributed by atoms with Gasteiger partial charge in [0.05, 0.1) is 6.61 Å². The summed E-state index contributed by atoms with van der Waals surface area (Å²) in [5.74, 6) is 0.390. The van der Waals surface area contributed by atoms with Crippen LogP contribution in [0, 0.1) is 0 Å². The number of carbonyl (C=O) groups excluding carboxylic acids is 1. The van der Waals surface area contributed by atoms with Gasteiger partial charge in [-0.1, -0.05) is 0 Å². The van der Waals surface area contributed by atoms with Crippen molar-refractivity contribution in [3.8, 4) is 0 Å². The summed E-state index contributed by atoms with van der Waals surface area (Å²) in [6, 6.07) is 0. The number of nitrogens with one attached hydrogen (secondary N) is 2. The number of aliphatic hydroxyl groups excluding tert-OH is 1. The van der Waals surface area contributed by atoms with Gasteiger partial charge >= 0.3 is 0 Å². The van der Waals surface area contributed by atoms with E-state index in [1.807, 2.05) is 0 Å². The summed E-state index contributed by atoms with van der Waals surface area (Å²) in [4.78, 5) is 14.8. The van der Waals surface area contributed by atoms with Crippen LogP contribution in [-0.4, -0.2) is 43.7 Å². The third kappa shape index (κ3) is 9.01. The van der Waals surface area contributed by atoms with Crippen molar-refractivity contribution in [3.05, 3.63) is 0 Å². The summed E-state index contributed by atoms with van der Waals surface area (Å²) >= 11 is 0. The first-order chi connectivity index (χ1) is 7.20. The molecular formula is C9H20N4O2. The van der Waals surface area contributed by atoms with Gasteiger partial charge in [0.1, 0.15) is 0 Å². The molecule has 0 radical (unpaired) electrons. The van der Waals surface area contributed by atoms with Gasteiger partial charge in [0.25, 0.3) is 0 Å². The number of aliphatic imine (C=N–C) groups is 1. The van der Waals surface area contributed by atoms with Crippen LogP contribution in [0.5, 0.6) is 0 Å². The molecule has 1 amide bonds. The van der Waals surface area contributed by atoms with Gasteiger partial charge in [-0.2, -0.15) is 0 Å². The predicted molar refractivity (Wildman–Crippen MR) is 59.5 cm³/mol. The molecule has 6 nitrogen and oxygen atoms in total. The largest absolute Gasteiger partial charge is 0.395 e. The van der Waals surface area contributed by atoms with Gasteiger partial charge in [0, 0.05) is 26.6 Å². The monoisotopic (exact) mass is 216 g/mol. The van der Waals surface area contributed by atoms with Crippen molar-refractivity contribution < 1.29 is 9.90 Å². The molecule has 0 spiro atoms. The molecule has 5 N–H and O–H groups in total. The normalized spacial score (nSPS) is 11.2. The molecule has 0 aromatic rings. The molecule has 15 heavy (non-hydrogen) atoms. The van der Waals surface area contributed by atoms with E-state index in [1.165, 1.54) is 0 Å². The summed E-state index contributed by atoms with van der Waals surface area (Å²) in [5, 5.41) is 14.0. The molecule has 0 saturated carbocycles. The molecule has 0 aromatic heterocycles. The number of hydrogen-bond donors (Lipinski definition) is 4. The highest BCUT2D eigenvalue weighted by molar-refractivity contribution is 5.77. The average Bonchev–Trinajstić information content (AvgIpc) is 2.25. The average molecular weight is 216 g/mol. The number of amides is 1. The van der Waals surface area contributed by atoms with Crippen LogP contribution < -0.4 is 16.4 Å². The van der Waals surface area contributed by atoms with E-state index in [4.69, 9.17) is 10.8 Å². The predicted octanol–water partition coefficient (Wildman–Crippen LogP) is -1.20. The molecule has 88 valence electrons. The van der Waals surface area contributed by atoms with Crippen molar-refractivity contribution in [1.29, 1.82) is 0 Å². The molecule has 0 rings (SSSR count). The Morgan fingerprint density at radius 3 is 2.67 bits per heavy atom. The number of hydrogen-bond acceptors (Lipinski definition) is 3. The summed E-state index contributed by atoms with van der Waals surface area (Å²) in [6.45, 7) is 1.03. The van der Waals surface area contributed by atoms with Gasteiger partial charge in [0.15, 0.2) is 5.96 Å². The fourth-order valence-electron chi connectivity index (χ4n) is 0.990. The fraction of sp³-hybridized carbons (Fsp3) is 0.778. The van der Waals surface area contributed by atoms with Gasteiger partial charge in [0.2, 0.25) is 5.91 Å². The molecule has 0 aromatic carbocycles. The fourth-order valence-corrected chi connectivity index (χ4v) is 0.990. The minimum Gasteiger partial charge on any atom is -0.395 e. The number of aliphatic hydroxyl groups is 1. The van der Waals surface area contributed by atoms with Crippen LogP contribution in [0.4, 0.5) is 0 Å². The van der Waals surface area contributed by atoms with Crippen molar-refractivity contribution in [1.82, 2.24) is 10.6 Å². The summed E-state index contributed by atoms with van der Waals surface area (Å²) in [5.41, 5.74) is 5.41. The van der Waals surface area contributed by atoms with Crippen LogP contribution in [-0.2, 0) is 4.79 Å². The van der Waals surface area contributed by atoms with Crippen LogP contribution in [0.25, 0.3) is 0 Å². The number of nitrogens with two attached hydrogens (primary N) is 1. The third-order valence-electron chi connectivity index (χ3n) is 1.81. The molecular weight excluding hydrogens is 196 g/mol. The quantitative estimate of drug-likeness (QED) is 0.244. The summed E-state index contributed by atoms with van der Waals surface area (Å²) in [7, 11) is 1.62. The van der Waals surface area contributed by atoms with Gasteiger partial charge in [-0.15, -0.1) is 0 Å². The molecule has 0 unspecified atom stereocenters. The molecule has 0 heterocycles. The van der Waals surface area contributed by atoms with Crippen LogP contribution in [0.2, 0.25) is 0 Å². The minimum absolute atomic E-state index is 0.0171. The zero-order valence-electron chi connectivity index (χ0n) is 9.12. The van der Waals surface area contributed by atoms with E-state index in [0.717, 1.165) is 19.4 Å². The zero-order valence-corrected chi connectivity index (χ0v) is 9.12. The lowest BCUT2D eigenvalue weighted by atomic mass is 10.2. The Balaban J connectivity index is 3.27. The second kappa shape index (κ2) is 9.26. The van der Waals surface area contributed by atoms with Crippen molar-refractivity contribution in [2.45, 2.75) is 19.3 Å². The third-order valence-corrected chi connectivity index (χ3v) is 1.81. The molecule has 0 bridgehead atoms. The highest BCUT2D eigenvalue weighted by Gasteiger charge is 1.99. The minimum atomic E-state index is -0.0267. The van der Waals surface area contributed by atoms with E-state index in [-0.39, 0.29) is 12.5 Å². The molecule has 0 aliphatic rings. The SMILES string of the molecule is CN=C(N)NCCCCC(=O)NCCO. The van der Waals surface area contributed by atoms with E-state index in [1.54, 1.807) is 7.05 Å². The van der Waals surface area contributed by atoms with Gasteiger partial charge in [-0.3, -0.25) is 9.79 Å². The summed E-state index contributed by atoms with van der Waals surface area (Å²) in [6.07, 6.45) is 2.13. The van der Waals surface area contributed by atoms with Crippen molar-refractivity contribution in [3.63, 3.8) is 0 Å². The zero-order chi connectivity index (χ0) is 11.5. The van der Waals surface area contributed by atoms with Crippen LogP contribution in [0.15, 0.2) is 4.99 Å². The van der Waals surface area contributed by atoms with Gasteiger partial charge in [-0.25, -0.2) is 0 Å². The van der Waals surface area contributed by atoms with E-state index < -0.39 is 0 Å². The standard InChI is InChI=1S/C9H20N4O2/c1-11-9(10)13-5-3-2-4-8(15)12-6-7-14/h14H,2-7H2,1H3,(H,12,15)(H3,10,11,13). The number of guanidine groups is 1. The molecule has 0 fully saturated rings. The first kappa shape index (κ1) is 13.7. The maximum Gasteiger partial charge on any atom is 0.220 e. The second-order valence-electron chi connectivity index (χ2n) is 3.07. The van der Waals surface area contributed by atoms with E-state index in [9.17, 15) is 4.79 Å². The topological polar surface area (TPSA) is 99.7 Å². The van der Waals surface area contributed by atoms with E-state index in [2.05, 4.69) is 15.6 Å². The van der Waals surface area contributed by atoms with Crippen molar-refractivity contribution in [2.24, 2.45) is 10.7 Å². The van der Waals surface area contributed by atoms with E-state index >= 15 is 0 Å². The van der Waals surface area contributed by atoms with Crippen LogP contribution in [0.1, 0.15) is 19.3 Å². The maximum absolute atomic E-state index is 11.1. The number of unbranched alkanes of at least 4 members (excludes halogenated alkanes) is 1. The Hall–Kier alpha value is -1.30. The molecule has 0 aliphatic carbocycles. The molecule has 0 aliphatic heterocycles. The number of rotatable bonds is 7. The number of nitrogens with zero attached hydrogens (tertiary/aromatic N) is 1. The molecule has 0 atom stereocenters. The first-order valence-corrected chi connectivity index (χ1v) is 5.04. The van der Waals surface area contributed by atoms with Crippen molar-refractivity contribution in [2.75, 3.05) is 26.7 Å². The van der Waals surface area contributed by atoms with Crippen LogP contribution >= 0.6 is 0 Å². The lowest BCUT2D eigenvalue weighted by Gasteiger charge is -2.05. The Morgan fingerprint density at radius 1 is 1.33 bits per heavy atom. The second-order valence-corrected chi connectivity index (χ2v) is 3.07. The van der Waals surface area contributed by atoms with Gasteiger partial charge < -0.3 is 21.5 Å². The molecule has 6 heteroatoms. The lowest BCUT2D eigenvalue weighted by Crippen LogP contribution is -2.32. The lowest BCUT2D eigenvalue weighted by molar-refractivity contribution is -0.121. The number of carbonyl (C=O) groups is 1. The highest BCUT2D eigenvalue weighted by atomic mass is 16.3. The van der Waals surface area contributed by atoms with Crippen LogP contribution in [0.3, 0.4) is 0 Å². The molecule has 0 saturated heterocycles. The van der Waals surface area contributed by atoms with Gasteiger partial charge in [-0.05, 0) is 12.8 Å².